The Morgan fingerprint density at radius 3 is 2.24 bits per heavy atom. The first-order valence-corrected chi connectivity index (χ1v) is 6.43. The second-order valence-corrected chi connectivity index (χ2v) is 4.74. The molecule has 2 amide bonds. The number of phenols is 1. The average molecular weight is 283 g/mol. The Labute approximate surface area is 121 Å². The summed E-state index contributed by atoms with van der Waals surface area (Å²) in [5.41, 5.74) is 1.25. The van der Waals surface area contributed by atoms with E-state index in [1.54, 1.807) is 36.4 Å². The largest absolute Gasteiger partial charge is 0.508 e. The standard InChI is InChI=1S/C16H13NO4/c1-21-11-6-7-14(18)10(8-11)9-17-15(19)12-4-2-3-5-13(12)16(17)20/h2-8,18H,9H2,1H3. The first kappa shape index (κ1) is 13.2. The lowest BCUT2D eigenvalue weighted by Gasteiger charge is -2.15. The van der Waals surface area contributed by atoms with Gasteiger partial charge in [0.2, 0.25) is 0 Å². The first-order chi connectivity index (χ1) is 10.1. The van der Waals surface area contributed by atoms with Crippen molar-refractivity contribution in [2.24, 2.45) is 0 Å². The van der Waals surface area contributed by atoms with Crippen LogP contribution in [0.4, 0.5) is 0 Å². The predicted molar refractivity (Wildman–Crippen MR) is 75.3 cm³/mol. The second-order valence-electron chi connectivity index (χ2n) is 4.74. The third kappa shape index (κ3) is 2.12. The average Bonchev–Trinajstić information content (AvgIpc) is 2.75. The number of aromatic hydroxyl groups is 1. The first-order valence-electron chi connectivity index (χ1n) is 6.43. The summed E-state index contributed by atoms with van der Waals surface area (Å²) in [6.07, 6.45) is 0. The molecule has 0 radical (unpaired) electrons. The van der Waals surface area contributed by atoms with Crippen molar-refractivity contribution < 1.29 is 19.4 Å². The number of carbonyl (C=O) groups excluding carboxylic acids is 2. The maximum Gasteiger partial charge on any atom is 0.261 e. The van der Waals surface area contributed by atoms with Crippen LogP contribution in [0.2, 0.25) is 0 Å². The second kappa shape index (κ2) is 4.94. The number of carbonyl (C=O) groups is 2. The minimum atomic E-state index is -0.349. The highest BCUT2D eigenvalue weighted by Crippen LogP contribution is 2.28. The SMILES string of the molecule is COc1ccc(O)c(CN2C(=O)c3ccccc3C2=O)c1. The van der Waals surface area contributed by atoms with Crippen LogP contribution in [0.15, 0.2) is 42.5 Å². The topological polar surface area (TPSA) is 66.8 Å². The van der Waals surface area contributed by atoms with Crippen LogP contribution in [0.25, 0.3) is 0 Å². The predicted octanol–water partition coefficient (Wildman–Crippen LogP) is 2.20. The lowest BCUT2D eigenvalue weighted by atomic mass is 10.1. The molecule has 0 saturated heterocycles. The summed E-state index contributed by atoms with van der Waals surface area (Å²) in [7, 11) is 1.51. The van der Waals surface area contributed by atoms with Crippen molar-refractivity contribution in [1.82, 2.24) is 4.90 Å². The molecule has 0 atom stereocenters. The quantitative estimate of drug-likeness (QED) is 0.877. The van der Waals surface area contributed by atoms with E-state index in [1.165, 1.54) is 13.2 Å². The lowest BCUT2D eigenvalue weighted by molar-refractivity contribution is 0.0641. The molecule has 1 N–H and O–H groups in total. The van der Waals surface area contributed by atoms with E-state index in [9.17, 15) is 14.7 Å². The molecular weight excluding hydrogens is 270 g/mol. The molecule has 0 fully saturated rings. The van der Waals surface area contributed by atoms with Gasteiger partial charge in [0.15, 0.2) is 0 Å². The number of phenolic OH excluding ortho intramolecular Hbond substituents is 1. The minimum Gasteiger partial charge on any atom is -0.508 e. The van der Waals surface area contributed by atoms with Crippen LogP contribution in [0.1, 0.15) is 26.3 Å². The van der Waals surface area contributed by atoms with Crippen LogP contribution in [0.5, 0.6) is 11.5 Å². The molecule has 3 rings (SSSR count). The van der Waals surface area contributed by atoms with Gasteiger partial charge in [-0.25, -0.2) is 0 Å². The van der Waals surface area contributed by atoms with Crippen LogP contribution < -0.4 is 4.74 Å². The fourth-order valence-electron chi connectivity index (χ4n) is 2.37. The van der Waals surface area contributed by atoms with E-state index in [-0.39, 0.29) is 24.1 Å². The summed E-state index contributed by atoms with van der Waals surface area (Å²) in [6, 6.07) is 11.4. The molecule has 5 nitrogen and oxygen atoms in total. The van der Waals surface area contributed by atoms with Crippen LogP contribution in [0.3, 0.4) is 0 Å². The van der Waals surface area contributed by atoms with Gasteiger partial charge in [-0.1, -0.05) is 12.1 Å². The molecule has 5 heteroatoms. The summed E-state index contributed by atoms with van der Waals surface area (Å²) in [6.45, 7) is 0.00931. The number of imide groups is 1. The van der Waals surface area contributed by atoms with Crippen molar-refractivity contribution >= 4 is 11.8 Å². The summed E-state index contributed by atoms with van der Waals surface area (Å²) in [4.78, 5) is 25.7. The van der Waals surface area contributed by atoms with E-state index >= 15 is 0 Å². The maximum absolute atomic E-state index is 12.3. The van der Waals surface area contributed by atoms with Crippen molar-refractivity contribution in [1.29, 1.82) is 0 Å². The van der Waals surface area contributed by atoms with E-state index < -0.39 is 0 Å². The third-order valence-electron chi connectivity index (χ3n) is 3.49. The minimum absolute atomic E-state index is 0.00931. The number of fused-ring (bicyclic) bond motifs is 1. The lowest BCUT2D eigenvalue weighted by Crippen LogP contribution is -2.29. The Morgan fingerprint density at radius 1 is 1.05 bits per heavy atom. The molecule has 0 aromatic heterocycles. The fraction of sp³-hybridized carbons (Fsp3) is 0.125. The molecule has 2 aromatic rings. The number of benzene rings is 2. The number of ether oxygens (including phenoxy) is 1. The van der Waals surface area contributed by atoms with Crippen LogP contribution in [0, 0.1) is 0 Å². The highest BCUT2D eigenvalue weighted by atomic mass is 16.5. The Kier molecular flexibility index (Phi) is 3.10. The smallest absolute Gasteiger partial charge is 0.261 e. The molecule has 21 heavy (non-hydrogen) atoms. The summed E-state index contributed by atoms with van der Waals surface area (Å²) >= 11 is 0. The molecule has 106 valence electrons. The van der Waals surface area contributed by atoms with Crippen molar-refractivity contribution in [2.45, 2.75) is 6.54 Å². The zero-order chi connectivity index (χ0) is 15.0. The van der Waals surface area contributed by atoms with Crippen LogP contribution in [-0.4, -0.2) is 28.9 Å². The van der Waals surface area contributed by atoms with Gasteiger partial charge in [0, 0.05) is 5.56 Å². The van der Waals surface area contributed by atoms with Gasteiger partial charge in [0.25, 0.3) is 11.8 Å². The van der Waals surface area contributed by atoms with Gasteiger partial charge in [-0.2, -0.15) is 0 Å². The van der Waals surface area contributed by atoms with E-state index in [4.69, 9.17) is 4.74 Å². The van der Waals surface area contributed by atoms with Gasteiger partial charge in [-0.05, 0) is 30.3 Å². The summed E-state index contributed by atoms with van der Waals surface area (Å²) < 4.78 is 5.09. The zero-order valence-corrected chi connectivity index (χ0v) is 11.4. The molecule has 1 aliphatic rings. The molecular formula is C16H13NO4. The van der Waals surface area contributed by atoms with Gasteiger partial charge in [-0.3, -0.25) is 14.5 Å². The van der Waals surface area contributed by atoms with Crippen molar-refractivity contribution in [3.63, 3.8) is 0 Å². The monoisotopic (exact) mass is 283 g/mol. The Balaban J connectivity index is 1.94. The molecule has 1 aliphatic heterocycles. The Bertz CT molecular complexity index is 704. The molecule has 2 aromatic carbocycles. The normalized spacial score (nSPS) is 13.5. The number of hydrogen-bond donors (Lipinski definition) is 1. The van der Waals surface area contributed by atoms with E-state index in [2.05, 4.69) is 0 Å². The third-order valence-corrected chi connectivity index (χ3v) is 3.49. The van der Waals surface area contributed by atoms with Gasteiger partial charge in [0.05, 0.1) is 24.8 Å². The van der Waals surface area contributed by atoms with Crippen LogP contribution in [-0.2, 0) is 6.54 Å². The summed E-state index contributed by atoms with van der Waals surface area (Å²) in [5.74, 6) is -0.123. The van der Waals surface area contributed by atoms with Crippen molar-refractivity contribution in [2.75, 3.05) is 7.11 Å². The number of hydrogen-bond acceptors (Lipinski definition) is 4. The Hall–Kier alpha value is -2.82. The molecule has 0 aliphatic carbocycles. The number of nitrogens with zero attached hydrogens (tertiary/aromatic N) is 1. The maximum atomic E-state index is 12.3. The number of rotatable bonds is 3. The number of methoxy groups -OCH3 is 1. The van der Waals surface area contributed by atoms with Gasteiger partial charge in [-0.15, -0.1) is 0 Å². The zero-order valence-electron chi connectivity index (χ0n) is 11.4. The molecule has 0 spiro atoms. The van der Waals surface area contributed by atoms with E-state index in [0.717, 1.165) is 4.90 Å². The van der Waals surface area contributed by atoms with Gasteiger partial charge in [0.1, 0.15) is 11.5 Å². The van der Waals surface area contributed by atoms with Gasteiger partial charge < -0.3 is 9.84 Å². The molecule has 0 saturated carbocycles. The fourth-order valence-corrected chi connectivity index (χ4v) is 2.37. The molecule has 1 heterocycles. The van der Waals surface area contributed by atoms with Gasteiger partial charge >= 0.3 is 0 Å². The van der Waals surface area contributed by atoms with E-state index in [0.29, 0.717) is 22.4 Å². The molecule has 0 bridgehead atoms. The number of amides is 2. The van der Waals surface area contributed by atoms with Crippen LogP contribution >= 0.6 is 0 Å². The molecule has 0 unspecified atom stereocenters. The summed E-state index contributed by atoms with van der Waals surface area (Å²) in [5, 5.41) is 9.88. The van der Waals surface area contributed by atoms with E-state index in [1.807, 2.05) is 0 Å². The van der Waals surface area contributed by atoms with Crippen molar-refractivity contribution in [3.8, 4) is 11.5 Å². The highest BCUT2D eigenvalue weighted by molar-refractivity contribution is 6.21. The highest BCUT2D eigenvalue weighted by Gasteiger charge is 2.35. The van der Waals surface area contributed by atoms with Crippen molar-refractivity contribution in [3.05, 3.63) is 59.2 Å². The Morgan fingerprint density at radius 2 is 1.67 bits per heavy atom.